The molecular formula is C15H17N3O. The standard InChI is InChI=1S/C15H17N3O/c1-18(10-15(9-16)6-7-15)12-3-4-13-11(8-12)2-5-14(19)17-13/h3-4,8H,2,5-7,10H2,1H3,(H,17,19). The van der Waals surface area contributed by atoms with Crippen molar-refractivity contribution in [2.24, 2.45) is 5.41 Å². The third kappa shape index (κ3) is 2.28. The first-order valence-corrected chi connectivity index (χ1v) is 6.67. The number of rotatable bonds is 3. The van der Waals surface area contributed by atoms with Gasteiger partial charge in [-0.15, -0.1) is 0 Å². The number of nitrogens with one attached hydrogen (secondary N) is 1. The van der Waals surface area contributed by atoms with Crippen LogP contribution in [0.4, 0.5) is 11.4 Å². The quantitative estimate of drug-likeness (QED) is 0.901. The van der Waals surface area contributed by atoms with E-state index in [1.54, 1.807) is 0 Å². The van der Waals surface area contributed by atoms with Crippen LogP contribution in [0.1, 0.15) is 24.8 Å². The van der Waals surface area contributed by atoms with Gasteiger partial charge in [-0.1, -0.05) is 0 Å². The Hall–Kier alpha value is -2.02. The Labute approximate surface area is 113 Å². The van der Waals surface area contributed by atoms with Gasteiger partial charge in [0.05, 0.1) is 11.5 Å². The highest BCUT2D eigenvalue weighted by atomic mass is 16.1. The second-order valence-electron chi connectivity index (χ2n) is 5.64. The maximum absolute atomic E-state index is 11.3. The molecule has 1 N–H and O–H groups in total. The minimum atomic E-state index is -0.126. The van der Waals surface area contributed by atoms with E-state index in [0.717, 1.165) is 37.2 Å². The van der Waals surface area contributed by atoms with E-state index in [0.29, 0.717) is 6.42 Å². The van der Waals surface area contributed by atoms with Crippen molar-refractivity contribution in [2.75, 3.05) is 23.8 Å². The number of benzene rings is 1. The van der Waals surface area contributed by atoms with Gasteiger partial charge in [-0.2, -0.15) is 5.26 Å². The van der Waals surface area contributed by atoms with Crippen LogP contribution in [0.5, 0.6) is 0 Å². The lowest BCUT2D eigenvalue weighted by atomic mass is 10.0. The summed E-state index contributed by atoms with van der Waals surface area (Å²) in [5.41, 5.74) is 3.11. The lowest BCUT2D eigenvalue weighted by Crippen LogP contribution is -2.26. The highest BCUT2D eigenvalue weighted by Crippen LogP contribution is 2.45. The number of nitrogens with zero attached hydrogens (tertiary/aromatic N) is 2. The third-order valence-corrected chi connectivity index (χ3v) is 4.06. The third-order valence-electron chi connectivity index (χ3n) is 4.06. The monoisotopic (exact) mass is 255 g/mol. The predicted molar refractivity (Wildman–Crippen MR) is 73.9 cm³/mol. The highest BCUT2D eigenvalue weighted by Gasteiger charge is 2.44. The molecule has 0 aromatic heterocycles. The zero-order valence-corrected chi connectivity index (χ0v) is 11.1. The summed E-state index contributed by atoms with van der Waals surface area (Å²) >= 11 is 0. The SMILES string of the molecule is CN(CC1(C#N)CC1)c1ccc2c(c1)CCC(=O)N2. The zero-order valence-electron chi connectivity index (χ0n) is 11.1. The number of amides is 1. The van der Waals surface area contributed by atoms with Crippen LogP contribution in [-0.4, -0.2) is 19.5 Å². The molecule has 0 bridgehead atoms. The number of hydrogen-bond acceptors (Lipinski definition) is 3. The number of fused-ring (bicyclic) bond motifs is 1. The van der Waals surface area contributed by atoms with E-state index in [1.165, 1.54) is 5.56 Å². The normalized spacial score (nSPS) is 19.1. The summed E-state index contributed by atoms with van der Waals surface area (Å²) in [5, 5.41) is 12.0. The first-order chi connectivity index (χ1) is 9.12. The molecule has 0 atom stereocenters. The van der Waals surface area contributed by atoms with Gasteiger partial charge in [0.1, 0.15) is 0 Å². The fourth-order valence-electron chi connectivity index (χ4n) is 2.61. The summed E-state index contributed by atoms with van der Waals surface area (Å²) in [7, 11) is 2.03. The number of carbonyl (C=O) groups is 1. The zero-order chi connectivity index (χ0) is 13.5. The average molecular weight is 255 g/mol. The molecule has 0 radical (unpaired) electrons. The largest absolute Gasteiger partial charge is 0.373 e. The molecule has 3 rings (SSSR count). The summed E-state index contributed by atoms with van der Waals surface area (Å²) in [6.07, 6.45) is 3.37. The van der Waals surface area contributed by atoms with Gasteiger partial charge in [-0.3, -0.25) is 4.79 Å². The molecule has 1 amide bonds. The summed E-state index contributed by atoms with van der Waals surface area (Å²) in [4.78, 5) is 13.5. The van der Waals surface area contributed by atoms with E-state index in [1.807, 2.05) is 19.2 Å². The summed E-state index contributed by atoms with van der Waals surface area (Å²) in [6.45, 7) is 0.786. The van der Waals surface area contributed by atoms with Crippen LogP contribution in [0.3, 0.4) is 0 Å². The van der Waals surface area contributed by atoms with Gasteiger partial charge in [-0.25, -0.2) is 0 Å². The van der Waals surface area contributed by atoms with E-state index in [-0.39, 0.29) is 11.3 Å². The molecule has 1 saturated carbocycles. The first-order valence-electron chi connectivity index (χ1n) is 6.67. The molecule has 1 heterocycles. The van der Waals surface area contributed by atoms with Crippen LogP contribution in [0.25, 0.3) is 0 Å². The molecule has 1 aromatic rings. The number of aryl methyl sites for hydroxylation is 1. The lowest BCUT2D eigenvalue weighted by Gasteiger charge is -2.24. The topological polar surface area (TPSA) is 56.1 Å². The van der Waals surface area contributed by atoms with Crippen LogP contribution >= 0.6 is 0 Å². The van der Waals surface area contributed by atoms with Crippen LogP contribution < -0.4 is 10.2 Å². The molecule has 1 fully saturated rings. The number of anilines is 2. The van der Waals surface area contributed by atoms with Crippen LogP contribution in [0, 0.1) is 16.7 Å². The number of carbonyl (C=O) groups excluding carboxylic acids is 1. The second-order valence-corrected chi connectivity index (χ2v) is 5.64. The van der Waals surface area contributed by atoms with Gasteiger partial charge < -0.3 is 10.2 Å². The average Bonchev–Trinajstić information content (AvgIpc) is 3.18. The Bertz CT molecular complexity index is 569. The van der Waals surface area contributed by atoms with Crippen molar-refractivity contribution in [1.29, 1.82) is 5.26 Å². The van der Waals surface area contributed by atoms with E-state index in [4.69, 9.17) is 5.26 Å². The first kappa shape index (κ1) is 12.0. The van der Waals surface area contributed by atoms with Crippen molar-refractivity contribution in [3.63, 3.8) is 0 Å². The van der Waals surface area contributed by atoms with Crippen LogP contribution in [-0.2, 0) is 11.2 Å². The van der Waals surface area contributed by atoms with Crippen molar-refractivity contribution in [3.05, 3.63) is 23.8 Å². The van der Waals surface area contributed by atoms with E-state index >= 15 is 0 Å². The summed E-state index contributed by atoms with van der Waals surface area (Å²) < 4.78 is 0. The van der Waals surface area contributed by atoms with Crippen molar-refractivity contribution in [1.82, 2.24) is 0 Å². The Kier molecular flexibility index (Phi) is 2.70. The maximum atomic E-state index is 11.3. The van der Waals surface area contributed by atoms with E-state index in [9.17, 15) is 4.79 Å². The molecule has 0 saturated heterocycles. The Morgan fingerprint density at radius 2 is 2.21 bits per heavy atom. The number of nitriles is 1. The van der Waals surface area contributed by atoms with Gasteiger partial charge in [0, 0.05) is 31.4 Å². The molecule has 1 aromatic carbocycles. The molecule has 98 valence electrons. The summed E-state index contributed by atoms with van der Waals surface area (Å²) in [5.74, 6) is 0.0926. The highest BCUT2D eigenvalue weighted by molar-refractivity contribution is 5.94. The smallest absolute Gasteiger partial charge is 0.224 e. The van der Waals surface area contributed by atoms with Crippen molar-refractivity contribution in [2.45, 2.75) is 25.7 Å². The second kappa shape index (κ2) is 4.27. The molecule has 1 aliphatic carbocycles. The fraction of sp³-hybridized carbons (Fsp3) is 0.467. The van der Waals surface area contributed by atoms with Gasteiger partial charge in [0.15, 0.2) is 0 Å². The Balaban J connectivity index is 1.79. The van der Waals surface area contributed by atoms with Crippen molar-refractivity contribution >= 4 is 17.3 Å². The van der Waals surface area contributed by atoms with Crippen LogP contribution in [0.2, 0.25) is 0 Å². The van der Waals surface area contributed by atoms with Gasteiger partial charge in [-0.05, 0) is 43.0 Å². The summed E-state index contributed by atoms with van der Waals surface area (Å²) in [6, 6.07) is 8.52. The minimum Gasteiger partial charge on any atom is -0.373 e. The van der Waals surface area contributed by atoms with E-state index < -0.39 is 0 Å². The molecule has 0 spiro atoms. The van der Waals surface area contributed by atoms with E-state index in [2.05, 4.69) is 22.4 Å². The number of hydrogen-bond donors (Lipinski definition) is 1. The lowest BCUT2D eigenvalue weighted by molar-refractivity contribution is -0.116. The fourth-order valence-corrected chi connectivity index (χ4v) is 2.61. The van der Waals surface area contributed by atoms with Gasteiger partial charge >= 0.3 is 0 Å². The van der Waals surface area contributed by atoms with Gasteiger partial charge in [0.25, 0.3) is 0 Å². The minimum absolute atomic E-state index is 0.0926. The molecule has 0 unspecified atom stereocenters. The van der Waals surface area contributed by atoms with Crippen LogP contribution in [0.15, 0.2) is 18.2 Å². The Morgan fingerprint density at radius 3 is 2.89 bits per heavy atom. The maximum Gasteiger partial charge on any atom is 0.224 e. The molecular weight excluding hydrogens is 238 g/mol. The predicted octanol–water partition coefficient (Wildman–Crippen LogP) is 2.31. The molecule has 4 heteroatoms. The molecule has 2 aliphatic rings. The molecule has 19 heavy (non-hydrogen) atoms. The van der Waals surface area contributed by atoms with Crippen molar-refractivity contribution in [3.8, 4) is 6.07 Å². The molecule has 4 nitrogen and oxygen atoms in total. The van der Waals surface area contributed by atoms with Gasteiger partial charge in [0.2, 0.25) is 5.91 Å². The Morgan fingerprint density at radius 1 is 1.42 bits per heavy atom. The molecule has 1 aliphatic heterocycles. The van der Waals surface area contributed by atoms with Crippen molar-refractivity contribution < 1.29 is 4.79 Å².